The highest BCUT2D eigenvalue weighted by Gasteiger charge is 2.18. The lowest BCUT2D eigenvalue weighted by atomic mass is 10.2. The molecule has 1 aromatic heterocycles. The van der Waals surface area contributed by atoms with E-state index in [-0.39, 0.29) is 25.5 Å². The Hall–Kier alpha value is -1.83. The number of hydrogen-bond donors (Lipinski definition) is 1. The van der Waals surface area contributed by atoms with Crippen LogP contribution in [0, 0.1) is 0 Å². The first-order valence-electron chi connectivity index (χ1n) is 6.88. The topological polar surface area (TPSA) is 79.6 Å². The molecule has 0 radical (unpaired) electrons. The quantitative estimate of drug-likeness (QED) is 0.824. The van der Waals surface area contributed by atoms with Gasteiger partial charge in [-0.1, -0.05) is 23.7 Å². The third-order valence-corrected chi connectivity index (χ3v) is 4.73. The fourth-order valence-electron chi connectivity index (χ4n) is 1.97. The summed E-state index contributed by atoms with van der Waals surface area (Å²) in [5.74, 6) is 0.190. The predicted molar refractivity (Wildman–Crippen MR) is 87.7 cm³/mol. The van der Waals surface area contributed by atoms with Crippen LogP contribution in [-0.2, 0) is 16.6 Å². The van der Waals surface area contributed by atoms with E-state index in [0.29, 0.717) is 16.3 Å². The van der Waals surface area contributed by atoms with Crippen LogP contribution in [0.5, 0.6) is 0 Å². The molecule has 1 aromatic carbocycles. The van der Waals surface area contributed by atoms with Crippen molar-refractivity contribution >= 4 is 27.5 Å². The first-order chi connectivity index (χ1) is 10.9. The van der Waals surface area contributed by atoms with E-state index in [0.717, 1.165) is 6.26 Å². The number of furan rings is 1. The standard InChI is InChI=1S/C15H17ClN2O4S/c1-23(20,21)18(11-12-5-4-10-22-12)9-8-17-15(19)13-6-2-3-7-14(13)16/h2-7,10H,8-9,11H2,1H3,(H,17,19). The van der Waals surface area contributed by atoms with E-state index in [2.05, 4.69) is 5.32 Å². The Bertz CT molecular complexity index is 760. The van der Waals surface area contributed by atoms with Crippen molar-refractivity contribution in [2.45, 2.75) is 6.54 Å². The maximum absolute atomic E-state index is 12.0. The molecule has 0 spiro atoms. The maximum atomic E-state index is 12.0. The molecule has 2 rings (SSSR count). The second-order valence-electron chi connectivity index (χ2n) is 4.91. The Kier molecular flexibility index (Phi) is 5.81. The number of hydrogen-bond acceptors (Lipinski definition) is 4. The molecule has 0 saturated heterocycles. The minimum atomic E-state index is -3.42. The number of carbonyl (C=O) groups is 1. The van der Waals surface area contributed by atoms with Crippen LogP contribution in [-0.4, -0.2) is 38.0 Å². The largest absolute Gasteiger partial charge is 0.468 e. The van der Waals surface area contributed by atoms with Gasteiger partial charge in [-0.15, -0.1) is 0 Å². The molecule has 23 heavy (non-hydrogen) atoms. The highest BCUT2D eigenvalue weighted by molar-refractivity contribution is 7.88. The summed E-state index contributed by atoms with van der Waals surface area (Å²) in [6.07, 6.45) is 2.60. The SMILES string of the molecule is CS(=O)(=O)N(CCNC(=O)c1ccccc1Cl)Cc1ccco1. The summed E-state index contributed by atoms with van der Waals surface area (Å²) >= 11 is 5.95. The van der Waals surface area contributed by atoms with Crippen molar-refractivity contribution in [1.29, 1.82) is 0 Å². The van der Waals surface area contributed by atoms with Crippen LogP contribution in [0.3, 0.4) is 0 Å². The molecular formula is C15H17ClN2O4S. The molecule has 8 heteroatoms. The van der Waals surface area contributed by atoms with Gasteiger partial charge in [-0.2, -0.15) is 4.31 Å². The maximum Gasteiger partial charge on any atom is 0.252 e. The summed E-state index contributed by atoms with van der Waals surface area (Å²) in [5, 5.41) is 3.01. The molecule has 0 fully saturated rings. The van der Waals surface area contributed by atoms with Gasteiger partial charge >= 0.3 is 0 Å². The number of sulfonamides is 1. The molecule has 124 valence electrons. The zero-order chi connectivity index (χ0) is 16.9. The number of carbonyl (C=O) groups excluding carboxylic acids is 1. The zero-order valence-corrected chi connectivity index (χ0v) is 14.1. The van der Waals surface area contributed by atoms with Crippen LogP contribution in [0.4, 0.5) is 0 Å². The van der Waals surface area contributed by atoms with Crippen molar-refractivity contribution in [2.75, 3.05) is 19.3 Å². The van der Waals surface area contributed by atoms with Gasteiger partial charge in [0.2, 0.25) is 10.0 Å². The number of nitrogens with one attached hydrogen (secondary N) is 1. The van der Waals surface area contributed by atoms with Gasteiger partial charge in [0.1, 0.15) is 5.76 Å². The summed E-state index contributed by atoms with van der Waals surface area (Å²) in [7, 11) is -3.42. The third-order valence-electron chi connectivity index (χ3n) is 3.15. The number of rotatable bonds is 7. The van der Waals surface area contributed by atoms with Gasteiger partial charge in [-0.3, -0.25) is 4.79 Å². The minimum absolute atomic E-state index is 0.119. The van der Waals surface area contributed by atoms with Gasteiger partial charge in [0.25, 0.3) is 5.91 Å². The van der Waals surface area contributed by atoms with Gasteiger partial charge in [0.15, 0.2) is 0 Å². The van der Waals surface area contributed by atoms with Crippen molar-refractivity contribution in [1.82, 2.24) is 9.62 Å². The lowest BCUT2D eigenvalue weighted by Gasteiger charge is -2.19. The molecule has 0 aliphatic rings. The summed E-state index contributed by atoms with van der Waals surface area (Å²) in [6.45, 7) is 0.418. The molecule has 1 N–H and O–H groups in total. The molecular weight excluding hydrogens is 340 g/mol. The average Bonchev–Trinajstić information content (AvgIpc) is 2.98. The highest BCUT2D eigenvalue weighted by atomic mass is 35.5. The number of halogens is 1. The molecule has 0 atom stereocenters. The second kappa shape index (κ2) is 7.63. The van der Waals surface area contributed by atoms with E-state index in [4.69, 9.17) is 16.0 Å². The Morgan fingerprint density at radius 1 is 1.26 bits per heavy atom. The Morgan fingerprint density at radius 2 is 2.00 bits per heavy atom. The van der Waals surface area contributed by atoms with Crippen LogP contribution in [0.15, 0.2) is 47.1 Å². The van der Waals surface area contributed by atoms with Crippen molar-refractivity contribution in [3.05, 3.63) is 59.0 Å². The second-order valence-corrected chi connectivity index (χ2v) is 7.30. The highest BCUT2D eigenvalue weighted by Crippen LogP contribution is 2.14. The molecule has 0 aliphatic heterocycles. The first kappa shape index (κ1) is 17.5. The van der Waals surface area contributed by atoms with Crippen LogP contribution in [0.2, 0.25) is 5.02 Å². The van der Waals surface area contributed by atoms with E-state index < -0.39 is 10.0 Å². The smallest absolute Gasteiger partial charge is 0.252 e. The average molecular weight is 357 g/mol. The molecule has 1 amide bonds. The van der Waals surface area contributed by atoms with Crippen LogP contribution in [0.1, 0.15) is 16.1 Å². The molecule has 0 aliphatic carbocycles. The third kappa shape index (κ3) is 5.09. The number of amides is 1. The molecule has 6 nitrogen and oxygen atoms in total. The van der Waals surface area contributed by atoms with Gasteiger partial charge in [-0.25, -0.2) is 8.42 Å². The summed E-state index contributed by atoms with van der Waals surface area (Å²) in [6, 6.07) is 10.1. The number of benzene rings is 1. The Morgan fingerprint density at radius 3 is 2.61 bits per heavy atom. The summed E-state index contributed by atoms with van der Waals surface area (Å²) in [4.78, 5) is 12.0. The lowest BCUT2D eigenvalue weighted by molar-refractivity contribution is 0.0951. The van der Waals surface area contributed by atoms with Crippen molar-refractivity contribution in [3.8, 4) is 0 Å². The molecule has 2 aromatic rings. The minimum Gasteiger partial charge on any atom is -0.468 e. The van der Waals surface area contributed by atoms with Gasteiger partial charge < -0.3 is 9.73 Å². The molecule has 0 bridgehead atoms. The lowest BCUT2D eigenvalue weighted by Crippen LogP contribution is -2.37. The molecule has 1 heterocycles. The fraction of sp³-hybridized carbons (Fsp3) is 0.267. The van der Waals surface area contributed by atoms with Gasteiger partial charge in [-0.05, 0) is 24.3 Å². The van der Waals surface area contributed by atoms with Crippen molar-refractivity contribution < 1.29 is 17.6 Å². The Labute approximate surface area is 140 Å². The van der Waals surface area contributed by atoms with Crippen LogP contribution >= 0.6 is 11.6 Å². The normalized spacial score (nSPS) is 11.6. The van der Waals surface area contributed by atoms with Crippen molar-refractivity contribution in [2.24, 2.45) is 0 Å². The van der Waals surface area contributed by atoms with E-state index in [1.807, 2.05) is 0 Å². The van der Waals surface area contributed by atoms with Gasteiger partial charge in [0, 0.05) is 13.1 Å². The summed E-state index contributed by atoms with van der Waals surface area (Å²) < 4.78 is 30.0. The summed E-state index contributed by atoms with van der Waals surface area (Å²) in [5.41, 5.74) is 0.353. The van der Waals surface area contributed by atoms with Crippen molar-refractivity contribution in [3.63, 3.8) is 0 Å². The molecule has 0 saturated carbocycles. The fourth-order valence-corrected chi connectivity index (χ4v) is 2.98. The Balaban J connectivity index is 1.94. The zero-order valence-electron chi connectivity index (χ0n) is 12.5. The van der Waals surface area contributed by atoms with E-state index >= 15 is 0 Å². The van der Waals surface area contributed by atoms with Crippen LogP contribution < -0.4 is 5.32 Å². The monoisotopic (exact) mass is 356 g/mol. The van der Waals surface area contributed by atoms with Crippen LogP contribution in [0.25, 0.3) is 0 Å². The number of nitrogens with zero attached hydrogens (tertiary/aromatic N) is 1. The van der Waals surface area contributed by atoms with E-state index in [9.17, 15) is 13.2 Å². The first-order valence-corrected chi connectivity index (χ1v) is 9.11. The predicted octanol–water partition coefficient (Wildman–Crippen LogP) is 2.12. The van der Waals surface area contributed by atoms with E-state index in [1.54, 1.807) is 36.4 Å². The molecule has 0 unspecified atom stereocenters. The van der Waals surface area contributed by atoms with E-state index in [1.165, 1.54) is 10.6 Å². The van der Waals surface area contributed by atoms with Gasteiger partial charge in [0.05, 0.1) is 29.6 Å².